The fourth-order valence-corrected chi connectivity index (χ4v) is 1.01. The number of ether oxygens (including phenoxy) is 1. The zero-order valence-electron chi connectivity index (χ0n) is 9.45. The molecular weight excluding hydrogens is 188 g/mol. The Bertz CT molecular complexity index is 343. The van der Waals surface area contributed by atoms with Crippen molar-refractivity contribution in [2.75, 3.05) is 6.61 Å². The van der Waals surface area contributed by atoms with E-state index in [4.69, 9.17) is 10.00 Å². The molecule has 3 heteroatoms. The van der Waals surface area contributed by atoms with E-state index in [1.807, 2.05) is 6.07 Å². The number of aromatic nitrogens is 1. The van der Waals surface area contributed by atoms with E-state index in [9.17, 15) is 0 Å². The summed E-state index contributed by atoms with van der Waals surface area (Å²) in [6.07, 6.45) is 2.58. The monoisotopic (exact) mass is 204 g/mol. The lowest BCUT2D eigenvalue weighted by atomic mass is 9.93. The largest absolute Gasteiger partial charge is 0.492 e. The van der Waals surface area contributed by atoms with Crippen molar-refractivity contribution in [1.29, 1.82) is 5.26 Å². The Hall–Kier alpha value is -1.56. The van der Waals surface area contributed by atoms with Gasteiger partial charge in [0.1, 0.15) is 17.5 Å². The number of nitriles is 1. The molecule has 0 aliphatic carbocycles. The molecule has 0 saturated heterocycles. The molecule has 3 nitrogen and oxygen atoms in total. The summed E-state index contributed by atoms with van der Waals surface area (Å²) in [5, 5.41) is 8.56. The lowest BCUT2D eigenvalue weighted by Crippen LogP contribution is -2.11. The minimum atomic E-state index is 0.278. The molecular formula is C12H16N2O. The Morgan fingerprint density at radius 1 is 1.40 bits per heavy atom. The molecule has 1 aromatic heterocycles. The van der Waals surface area contributed by atoms with Gasteiger partial charge in [-0.25, -0.2) is 4.98 Å². The van der Waals surface area contributed by atoms with Crippen LogP contribution in [-0.2, 0) is 0 Å². The Balaban J connectivity index is 2.42. The summed E-state index contributed by atoms with van der Waals surface area (Å²) in [7, 11) is 0. The summed E-state index contributed by atoms with van der Waals surface area (Å²) < 4.78 is 5.51. The van der Waals surface area contributed by atoms with E-state index >= 15 is 0 Å². The van der Waals surface area contributed by atoms with Crippen LogP contribution in [0.1, 0.15) is 32.9 Å². The lowest BCUT2D eigenvalue weighted by Gasteiger charge is -2.17. The molecule has 0 radical (unpaired) electrons. The molecule has 1 aromatic rings. The smallest absolute Gasteiger partial charge is 0.140 e. The molecule has 0 bridgehead atoms. The lowest BCUT2D eigenvalue weighted by molar-refractivity contribution is 0.242. The van der Waals surface area contributed by atoms with E-state index in [0.29, 0.717) is 12.3 Å². The van der Waals surface area contributed by atoms with Gasteiger partial charge in [-0.1, -0.05) is 20.8 Å². The second-order valence-corrected chi connectivity index (χ2v) is 4.65. The van der Waals surface area contributed by atoms with Crippen molar-refractivity contribution in [3.05, 3.63) is 24.0 Å². The Morgan fingerprint density at radius 2 is 2.13 bits per heavy atom. The standard InChI is InChI=1S/C12H16N2O/c1-12(2,3)6-7-15-11-5-4-10(8-13)14-9-11/h4-5,9H,6-7H2,1-3H3. The minimum absolute atomic E-state index is 0.278. The topological polar surface area (TPSA) is 45.9 Å². The van der Waals surface area contributed by atoms with Crippen LogP contribution in [0.5, 0.6) is 5.75 Å². The molecule has 0 amide bonds. The van der Waals surface area contributed by atoms with Gasteiger partial charge in [0.15, 0.2) is 0 Å². The highest BCUT2D eigenvalue weighted by Crippen LogP contribution is 2.19. The van der Waals surface area contributed by atoms with Gasteiger partial charge >= 0.3 is 0 Å². The van der Waals surface area contributed by atoms with Gasteiger partial charge in [0.25, 0.3) is 0 Å². The summed E-state index contributed by atoms with van der Waals surface area (Å²) in [6, 6.07) is 5.40. The highest BCUT2D eigenvalue weighted by molar-refractivity contribution is 5.26. The van der Waals surface area contributed by atoms with Gasteiger partial charge in [0, 0.05) is 0 Å². The first kappa shape index (κ1) is 11.5. The zero-order chi connectivity index (χ0) is 11.3. The molecule has 80 valence electrons. The Morgan fingerprint density at radius 3 is 2.60 bits per heavy atom. The molecule has 0 unspecified atom stereocenters. The number of hydrogen-bond acceptors (Lipinski definition) is 3. The van der Waals surface area contributed by atoms with Crippen LogP contribution in [0.15, 0.2) is 18.3 Å². The molecule has 1 heterocycles. The number of pyridine rings is 1. The summed E-state index contributed by atoms with van der Waals surface area (Å²) in [5.41, 5.74) is 0.693. The van der Waals surface area contributed by atoms with Gasteiger partial charge in [0.05, 0.1) is 12.8 Å². The van der Waals surface area contributed by atoms with Gasteiger partial charge in [-0.3, -0.25) is 0 Å². The maximum atomic E-state index is 8.56. The van der Waals surface area contributed by atoms with Gasteiger partial charge < -0.3 is 4.74 Å². The highest BCUT2D eigenvalue weighted by Gasteiger charge is 2.09. The first-order valence-corrected chi connectivity index (χ1v) is 5.00. The molecule has 0 aromatic carbocycles. The molecule has 0 spiro atoms. The van der Waals surface area contributed by atoms with Crippen molar-refractivity contribution in [3.8, 4) is 11.8 Å². The van der Waals surface area contributed by atoms with Crippen molar-refractivity contribution in [1.82, 2.24) is 4.98 Å². The second-order valence-electron chi connectivity index (χ2n) is 4.65. The van der Waals surface area contributed by atoms with Crippen molar-refractivity contribution in [2.45, 2.75) is 27.2 Å². The van der Waals surface area contributed by atoms with Crippen LogP contribution in [0, 0.1) is 16.7 Å². The fraction of sp³-hybridized carbons (Fsp3) is 0.500. The van der Waals surface area contributed by atoms with Crippen LogP contribution in [0.2, 0.25) is 0 Å². The minimum Gasteiger partial charge on any atom is -0.492 e. The van der Waals surface area contributed by atoms with E-state index in [1.54, 1.807) is 18.3 Å². The first-order valence-electron chi connectivity index (χ1n) is 5.00. The Labute approximate surface area is 90.7 Å². The average Bonchev–Trinajstić information content (AvgIpc) is 2.17. The van der Waals surface area contributed by atoms with Crippen molar-refractivity contribution < 1.29 is 4.74 Å². The average molecular weight is 204 g/mol. The van der Waals surface area contributed by atoms with Crippen LogP contribution in [-0.4, -0.2) is 11.6 Å². The third-order valence-corrected chi connectivity index (χ3v) is 1.97. The van der Waals surface area contributed by atoms with Crippen molar-refractivity contribution >= 4 is 0 Å². The summed E-state index contributed by atoms with van der Waals surface area (Å²) in [4.78, 5) is 3.93. The number of nitrogens with zero attached hydrogens (tertiary/aromatic N) is 2. The van der Waals surface area contributed by atoms with Gasteiger partial charge in [-0.15, -0.1) is 0 Å². The molecule has 0 saturated carbocycles. The van der Waals surface area contributed by atoms with Crippen LogP contribution in [0.3, 0.4) is 0 Å². The van der Waals surface area contributed by atoms with Crippen molar-refractivity contribution in [3.63, 3.8) is 0 Å². The third-order valence-electron chi connectivity index (χ3n) is 1.97. The second kappa shape index (κ2) is 4.79. The summed E-state index contributed by atoms with van der Waals surface area (Å²) >= 11 is 0. The highest BCUT2D eigenvalue weighted by atomic mass is 16.5. The molecule has 0 aliphatic rings. The molecule has 0 aliphatic heterocycles. The third kappa shape index (κ3) is 4.46. The molecule has 0 N–H and O–H groups in total. The SMILES string of the molecule is CC(C)(C)CCOc1ccc(C#N)nc1. The van der Waals surface area contributed by atoms with Crippen molar-refractivity contribution in [2.24, 2.45) is 5.41 Å². The van der Waals surface area contributed by atoms with Gasteiger partial charge in [0.2, 0.25) is 0 Å². The van der Waals surface area contributed by atoms with Crippen LogP contribution >= 0.6 is 0 Å². The summed E-state index contributed by atoms with van der Waals surface area (Å²) in [5.74, 6) is 0.721. The van der Waals surface area contributed by atoms with E-state index in [1.165, 1.54) is 0 Å². The van der Waals surface area contributed by atoms with E-state index in [-0.39, 0.29) is 5.41 Å². The van der Waals surface area contributed by atoms with Crippen LogP contribution < -0.4 is 4.74 Å². The molecule has 1 rings (SSSR count). The quantitative estimate of drug-likeness (QED) is 0.760. The van der Waals surface area contributed by atoms with E-state index in [0.717, 1.165) is 12.2 Å². The zero-order valence-corrected chi connectivity index (χ0v) is 9.45. The molecule has 0 atom stereocenters. The van der Waals surface area contributed by atoms with Gasteiger partial charge in [-0.2, -0.15) is 5.26 Å². The van der Waals surface area contributed by atoms with E-state index < -0.39 is 0 Å². The summed E-state index contributed by atoms with van der Waals surface area (Å²) in [6.45, 7) is 7.20. The Kier molecular flexibility index (Phi) is 3.68. The predicted octanol–water partition coefficient (Wildman–Crippen LogP) is 2.77. The van der Waals surface area contributed by atoms with Gasteiger partial charge in [-0.05, 0) is 24.0 Å². The maximum absolute atomic E-state index is 8.56. The van der Waals surface area contributed by atoms with Crippen LogP contribution in [0.25, 0.3) is 0 Å². The molecule has 15 heavy (non-hydrogen) atoms. The number of rotatable bonds is 3. The number of hydrogen-bond donors (Lipinski definition) is 0. The normalized spacial score (nSPS) is 10.8. The predicted molar refractivity (Wildman–Crippen MR) is 58.5 cm³/mol. The van der Waals surface area contributed by atoms with Crippen LogP contribution in [0.4, 0.5) is 0 Å². The van der Waals surface area contributed by atoms with E-state index in [2.05, 4.69) is 25.8 Å². The molecule has 0 fully saturated rings. The maximum Gasteiger partial charge on any atom is 0.140 e. The first-order chi connectivity index (χ1) is 7.01. The fourth-order valence-electron chi connectivity index (χ4n) is 1.01.